The summed E-state index contributed by atoms with van der Waals surface area (Å²) in [6.45, 7) is 2.00. The molecule has 0 saturated carbocycles. The minimum absolute atomic E-state index is 0.187. The topological polar surface area (TPSA) is 89.3 Å². The Hall–Kier alpha value is -0.893. The number of rotatable bonds is 3. The number of nitrogens with two attached hydrogens (primary N) is 1. The first-order valence-corrected chi connectivity index (χ1v) is 6.01. The molecule has 5 nitrogen and oxygen atoms in total. The highest BCUT2D eigenvalue weighted by Crippen LogP contribution is 2.09. The molecule has 0 spiro atoms. The van der Waals surface area contributed by atoms with Gasteiger partial charge in [0.2, 0.25) is 0 Å². The fourth-order valence-corrected chi connectivity index (χ4v) is 1.60. The number of hydrazine groups is 1. The SMILES string of the molecule is CCc1ccc(S(=O)(=O)NN)cc1.O=[Si]. The van der Waals surface area contributed by atoms with E-state index in [4.69, 9.17) is 10.3 Å². The first-order valence-electron chi connectivity index (χ1n) is 4.12. The van der Waals surface area contributed by atoms with Crippen molar-refractivity contribution in [1.29, 1.82) is 0 Å². The molecule has 0 heterocycles. The van der Waals surface area contributed by atoms with Crippen LogP contribution in [-0.4, -0.2) is 18.5 Å². The Kier molecular flexibility index (Phi) is 6.17. The molecule has 0 saturated heterocycles. The number of sulfonamides is 1. The second-order valence-electron chi connectivity index (χ2n) is 2.62. The Morgan fingerprint density at radius 3 is 2.07 bits per heavy atom. The maximum Gasteiger partial charge on any atom is 0.381 e. The Balaban J connectivity index is 0.000000921. The number of hydrogen-bond acceptors (Lipinski definition) is 4. The molecule has 7 heteroatoms. The first-order chi connectivity index (χ1) is 7.10. The van der Waals surface area contributed by atoms with E-state index < -0.39 is 10.0 Å². The predicted octanol–water partition coefficient (Wildman–Crippen LogP) is -0.0986. The predicted molar refractivity (Wildman–Crippen MR) is 56.8 cm³/mol. The van der Waals surface area contributed by atoms with Gasteiger partial charge in [-0.3, -0.25) is 5.84 Å². The highest BCUT2D eigenvalue weighted by atomic mass is 32.2. The van der Waals surface area contributed by atoms with Gasteiger partial charge < -0.3 is 4.46 Å². The molecular weight excluding hydrogens is 232 g/mol. The van der Waals surface area contributed by atoms with Gasteiger partial charge in [0.05, 0.1) is 4.90 Å². The summed E-state index contributed by atoms with van der Waals surface area (Å²) in [6, 6.07) is 6.61. The lowest BCUT2D eigenvalue weighted by atomic mass is 10.2. The zero-order valence-corrected chi connectivity index (χ0v) is 10.0. The fourth-order valence-electron chi connectivity index (χ4n) is 0.972. The second-order valence-corrected chi connectivity index (χ2v) is 4.33. The quantitative estimate of drug-likeness (QED) is 0.441. The van der Waals surface area contributed by atoms with Gasteiger partial charge in [0.15, 0.2) is 0 Å². The third-order valence-electron chi connectivity index (χ3n) is 1.80. The van der Waals surface area contributed by atoms with Crippen LogP contribution in [0.25, 0.3) is 0 Å². The molecular formula is C8H12N2O3SSi. The zero-order valence-electron chi connectivity index (χ0n) is 8.23. The van der Waals surface area contributed by atoms with Crippen molar-refractivity contribution in [2.45, 2.75) is 18.2 Å². The van der Waals surface area contributed by atoms with Crippen LogP contribution in [0.5, 0.6) is 0 Å². The van der Waals surface area contributed by atoms with Crippen LogP contribution in [0.2, 0.25) is 0 Å². The number of nitrogens with one attached hydrogen (secondary N) is 1. The van der Waals surface area contributed by atoms with Crippen molar-refractivity contribution >= 4 is 20.2 Å². The van der Waals surface area contributed by atoms with Crippen LogP contribution < -0.4 is 10.7 Å². The van der Waals surface area contributed by atoms with Gasteiger partial charge in [-0.25, -0.2) is 8.42 Å². The van der Waals surface area contributed by atoms with Crippen molar-refractivity contribution in [1.82, 2.24) is 4.83 Å². The van der Waals surface area contributed by atoms with Gasteiger partial charge in [0.1, 0.15) is 0 Å². The summed E-state index contributed by atoms with van der Waals surface area (Å²) in [7, 11) is -1.77. The largest absolute Gasteiger partial charge is 0.381 e. The second kappa shape index (κ2) is 6.56. The highest BCUT2D eigenvalue weighted by Gasteiger charge is 2.10. The lowest BCUT2D eigenvalue weighted by Gasteiger charge is -2.02. The minimum Gasteiger partial charge on any atom is -0.381 e. The number of hydrogen-bond donors (Lipinski definition) is 2. The van der Waals surface area contributed by atoms with E-state index in [-0.39, 0.29) is 4.90 Å². The molecule has 82 valence electrons. The van der Waals surface area contributed by atoms with Crippen LogP contribution in [0, 0.1) is 0 Å². The van der Waals surface area contributed by atoms with Crippen LogP contribution in [0.1, 0.15) is 12.5 Å². The molecule has 0 amide bonds. The van der Waals surface area contributed by atoms with Crippen molar-refractivity contribution in [3.63, 3.8) is 0 Å². The Labute approximate surface area is 92.2 Å². The number of benzene rings is 1. The molecule has 0 aliphatic rings. The third-order valence-corrected chi connectivity index (χ3v) is 3.00. The van der Waals surface area contributed by atoms with Gasteiger partial charge in [0.25, 0.3) is 10.0 Å². The standard InChI is InChI=1S/C8H12N2O2S.OSi/c1-2-7-3-5-8(6-4-7)13(11,12)10-9;1-2/h3-6,10H,2,9H2,1H3;. The molecule has 0 aromatic heterocycles. The molecule has 15 heavy (non-hydrogen) atoms. The van der Waals surface area contributed by atoms with Gasteiger partial charge in [-0.15, -0.1) is 0 Å². The minimum atomic E-state index is -3.50. The molecule has 0 unspecified atom stereocenters. The molecule has 0 atom stereocenters. The van der Waals surface area contributed by atoms with E-state index in [1.165, 1.54) is 12.1 Å². The third kappa shape index (κ3) is 4.00. The Morgan fingerprint density at radius 1 is 1.27 bits per heavy atom. The van der Waals surface area contributed by atoms with Crippen LogP contribution in [0.3, 0.4) is 0 Å². The van der Waals surface area contributed by atoms with Gasteiger partial charge >= 0.3 is 10.1 Å². The summed E-state index contributed by atoms with van der Waals surface area (Å²) in [5.41, 5.74) is 1.09. The lowest BCUT2D eigenvalue weighted by molar-refractivity contribution is 0.584. The molecule has 2 radical (unpaired) electrons. The molecule has 1 rings (SSSR count). The molecule has 0 aliphatic heterocycles. The van der Waals surface area contributed by atoms with Crippen molar-refractivity contribution < 1.29 is 12.9 Å². The zero-order chi connectivity index (χ0) is 11.9. The lowest BCUT2D eigenvalue weighted by Crippen LogP contribution is -2.30. The summed E-state index contributed by atoms with van der Waals surface area (Å²) in [6.07, 6.45) is 0.885. The van der Waals surface area contributed by atoms with E-state index >= 15 is 0 Å². The van der Waals surface area contributed by atoms with E-state index in [0.29, 0.717) is 0 Å². The van der Waals surface area contributed by atoms with Crippen LogP contribution in [-0.2, 0) is 20.9 Å². The highest BCUT2D eigenvalue weighted by molar-refractivity contribution is 7.89. The fraction of sp³-hybridized carbons (Fsp3) is 0.250. The molecule has 1 aromatic rings. The average molecular weight is 244 g/mol. The van der Waals surface area contributed by atoms with Crippen molar-refractivity contribution in [2.24, 2.45) is 5.84 Å². The van der Waals surface area contributed by atoms with Crippen molar-refractivity contribution in [3.05, 3.63) is 29.8 Å². The monoisotopic (exact) mass is 244 g/mol. The Bertz CT molecular complexity index is 391. The van der Waals surface area contributed by atoms with E-state index in [1.54, 1.807) is 27.1 Å². The molecule has 0 aliphatic carbocycles. The molecule has 0 bridgehead atoms. The Morgan fingerprint density at radius 2 is 1.73 bits per heavy atom. The molecule has 0 fully saturated rings. The summed E-state index contributed by atoms with van der Waals surface area (Å²) in [5, 5.41) is 0. The maximum atomic E-state index is 11.2. The molecule has 3 N–H and O–H groups in total. The summed E-state index contributed by atoms with van der Waals surface area (Å²) >= 11 is 0. The van der Waals surface area contributed by atoms with Gasteiger partial charge in [-0.1, -0.05) is 19.1 Å². The van der Waals surface area contributed by atoms with E-state index in [0.717, 1.165) is 12.0 Å². The summed E-state index contributed by atoms with van der Waals surface area (Å²) in [5.74, 6) is 4.87. The van der Waals surface area contributed by atoms with Crippen LogP contribution >= 0.6 is 0 Å². The van der Waals surface area contributed by atoms with Gasteiger partial charge in [0, 0.05) is 0 Å². The maximum absolute atomic E-state index is 11.2. The van der Waals surface area contributed by atoms with E-state index in [9.17, 15) is 8.42 Å². The average Bonchev–Trinajstić information content (AvgIpc) is 2.32. The summed E-state index contributed by atoms with van der Waals surface area (Å²) < 4.78 is 30.4. The smallest absolute Gasteiger partial charge is 0.381 e. The van der Waals surface area contributed by atoms with Gasteiger partial charge in [-0.2, -0.15) is 4.83 Å². The van der Waals surface area contributed by atoms with E-state index in [2.05, 4.69) is 0 Å². The first kappa shape index (κ1) is 14.1. The number of aryl methyl sites for hydroxylation is 1. The van der Waals surface area contributed by atoms with Crippen molar-refractivity contribution in [3.8, 4) is 0 Å². The van der Waals surface area contributed by atoms with Crippen molar-refractivity contribution in [2.75, 3.05) is 0 Å². The molecule has 1 aromatic carbocycles. The van der Waals surface area contributed by atoms with Crippen LogP contribution in [0.4, 0.5) is 0 Å². The summed E-state index contributed by atoms with van der Waals surface area (Å²) in [4.78, 5) is 1.95. The normalized spacial score (nSPS) is 10.3. The van der Waals surface area contributed by atoms with Crippen LogP contribution in [0.15, 0.2) is 29.2 Å². The van der Waals surface area contributed by atoms with Gasteiger partial charge in [-0.05, 0) is 24.1 Å². The van der Waals surface area contributed by atoms with E-state index in [1.807, 2.05) is 6.92 Å².